The van der Waals surface area contributed by atoms with Gasteiger partial charge in [0.05, 0.1) is 16.8 Å². The highest BCUT2D eigenvalue weighted by atomic mass is 35.5. The molecule has 0 aromatic heterocycles. The molecule has 0 aliphatic heterocycles. The second-order valence-corrected chi connectivity index (χ2v) is 9.66. The van der Waals surface area contributed by atoms with E-state index in [1.165, 1.54) is 18.2 Å². The predicted molar refractivity (Wildman–Crippen MR) is 109 cm³/mol. The van der Waals surface area contributed by atoms with Gasteiger partial charge in [-0.1, -0.05) is 25.4 Å². The summed E-state index contributed by atoms with van der Waals surface area (Å²) in [5.74, 6) is -1.91. The lowest BCUT2D eigenvalue weighted by molar-refractivity contribution is 0.102. The third-order valence-electron chi connectivity index (χ3n) is 4.63. The van der Waals surface area contributed by atoms with Crippen molar-refractivity contribution >= 4 is 33.2 Å². The summed E-state index contributed by atoms with van der Waals surface area (Å²) in [7, 11) is -3.59. The standard InChI is InChI=1S/C20H21ClF2N2O3S/c1-11(2)10-29(27,28)25-18-8-5-13-14(4-7-16(22)19(13)18)20(26)24-12-3-6-15(21)17(23)9-12/h3-4,6-7,9,11,18,25H,5,8,10H2,1-2H3,(H,24,26). The highest BCUT2D eigenvalue weighted by Gasteiger charge is 2.32. The lowest BCUT2D eigenvalue weighted by atomic mass is 10.0. The number of rotatable bonds is 6. The van der Waals surface area contributed by atoms with Crippen molar-refractivity contribution in [2.24, 2.45) is 5.92 Å². The molecule has 29 heavy (non-hydrogen) atoms. The highest BCUT2D eigenvalue weighted by molar-refractivity contribution is 7.89. The van der Waals surface area contributed by atoms with Crippen LogP contribution in [0.2, 0.25) is 5.02 Å². The average Bonchev–Trinajstić information content (AvgIpc) is 3.01. The van der Waals surface area contributed by atoms with Crippen LogP contribution in [0.4, 0.5) is 14.5 Å². The summed E-state index contributed by atoms with van der Waals surface area (Å²) < 4.78 is 55.2. The number of carbonyl (C=O) groups is 1. The summed E-state index contributed by atoms with van der Waals surface area (Å²) >= 11 is 5.64. The number of anilines is 1. The molecule has 1 aliphatic rings. The molecule has 0 radical (unpaired) electrons. The lowest BCUT2D eigenvalue weighted by Crippen LogP contribution is -2.31. The van der Waals surface area contributed by atoms with Crippen molar-refractivity contribution in [2.75, 3.05) is 11.1 Å². The first-order chi connectivity index (χ1) is 13.6. The molecular formula is C20H21ClF2N2O3S. The molecule has 156 valence electrons. The van der Waals surface area contributed by atoms with Crippen LogP contribution in [0.3, 0.4) is 0 Å². The van der Waals surface area contributed by atoms with Gasteiger partial charge in [-0.15, -0.1) is 0 Å². The van der Waals surface area contributed by atoms with E-state index in [4.69, 9.17) is 11.6 Å². The van der Waals surface area contributed by atoms with E-state index in [1.807, 2.05) is 0 Å². The van der Waals surface area contributed by atoms with E-state index >= 15 is 0 Å². The highest BCUT2D eigenvalue weighted by Crippen LogP contribution is 2.36. The molecule has 0 spiro atoms. The summed E-state index contributed by atoms with van der Waals surface area (Å²) in [6.45, 7) is 3.56. The second-order valence-electron chi connectivity index (χ2n) is 7.45. The summed E-state index contributed by atoms with van der Waals surface area (Å²) in [6, 6.07) is 5.63. The van der Waals surface area contributed by atoms with Gasteiger partial charge in [0.25, 0.3) is 5.91 Å². The minimum atomic E-state index is -3.59. The predicted octanol–water partition coefficient (Wildman–Crippen LogP) is 4.43. The zero-order chi connectivity index (χ0) is 21.3. The summed E-state index contributed by atoms with van der Waals surface area (Å²) in [5, 5.41) is 2.50. The maximum absolute atomic E-state index is 14.5. The first-order valence-corrected chi connectivity index (χ1v) is 11.2. The van der Waals surface area contributed by atoms with Gasteiger partial charge >= 0.3 is 0 Å². The maximum atomic E-state index is 14.5. The monoisotopic (exact) mass is 442 g/mol. The van der Waals surface area contributed by atoms with Crippen molar-refractivity contribution in [1.29, 1.82) is 0 Å². The zero-order valence-corrected chi connectivity index (χ0v) is 17.5. The molecule has 2 aromatic rings. The summed E-state index contributed by atoms with van der Waals surface area (Å²) in [4.78, 5) is 12.7. The van der Waals surface area contributed by atoms with E-state index in [-0.39, 0.29) is 33.5 Å². The van der Waals surface area contributed by atoms with Gasteiger partial charge in [0.15, 0.2) is 0 Å². The average molecular weight is 443 g/mol. The van der Waals surface area contributed by atoms with Gasteiger partial charge in [-0.25, -0.2) is 21.9 Å². The van der Waals surface area contributed by atoms with Crippen LogP contribution in [0.25, 0.3) is 0 Å². The molecule has 1 aliphatic carbocycles. The van der Waals surface area contributed by atoms with Crippen LogP contribution >= 0.6 is 11.6 Å². The minimum Gasteiger partial charge on any atom is -0.322 e. The first-order valence-electron chi connectivity index (χ1n) is 9.15. The third-order valence-corrected chi connectivity index (χ3v) is 6.69. The van der Waals surface area contributed by atoms with Crippen molar-refractivity contribution in [3.63, 3.8) is 0 Å². The second kappa shape index (κ2) is 8.38. The number of amides is 1. The van der Waals surface area contributed by atoms with Gasteiger partial charge in [-0.3, -0.25) is 4.79 Å². The molecule has 0 saturated heterocycles. The van der Waals surface area contributed by atoms with E-state index < -0.39 is 33.6 Å². The fourth-order valence-electron chi connectivity index (χ4n) is 3.52. The van der Waals surface area contributed by atoms with Gasteiger partial charge in [0.1, 0.15) is 11.6 Å². The van der Waals surface area contributed by atoms with Crippen LogP contribution in [0.1, 0.15) is 47.8 Å². The van der Waals surface area contributed by atoms with E-state index in [0.717, 1.165) is 12.1 Å². The Hall–Kier alpha value is -2.03. The largest absolute Gasteiger partial charge is 0.322 e. The molecule has 2 N–H and O–H groups in total. The Morgan fingerprint density at radius 3 is 2.59 bits per heavy atom. The van der Waals surface area contributed by atoms with Crippen LogP contribution in [-0.2, 0) is 16.4 Å². The minimum absolute atomic E-state index is 0.0667. The van der Waals surface area contributed by atoms with Gasteiger partial charge in [0.2, 0.25) is 10.0 Å². The Morgan fingerprint density at radius 1 is 1.21 bits per heavy atom. The fourth-order valence-corrected chi connectivity index (χ4v) is 5.28. The van der Waals surface area contributed by atoms with Crippen molar-refractivity contribution < 1.29 is 22.0 Å². The van der Waals surface area contributed by atoms with Gasteiger partial charge in [0, 0.05) is 16.8 Å². The molecule has 0 bridgehead atoms. The van der Waals surface area contributed by atoms with Crippen LogP contribution in [0.5, 0.6) is 0 Å². The van der Waals surface area contributed by atoms with Gasteiger partial charge in [-0.2, -0.15) is 0 Å². The topological polar surface area (TPSA) is 75.3 Å². The van der Waals surface area contributed by atoms with Crippen molar-refractivity contribution in [3.05, 3.63) is 63.7 Å². The molecule has 0 saturated carbocycles. The molecule has 9 heteroatoms. The number of sulfonamides is 1. The molecule has 5 nitrogen and oxygen atoms in total. The van der Waals surface area contributed by atoms with Gasteiger partial charge < -0.3 is 5.32 Å². The normalized spacial score (nSPS) is 16.1. The number of hydrogen-bond acceptors (Lipinski definition) is 3. The van der Waals surface area contributed by atoms with Crippen LogP contribution < -0.4 is 10.0 Å². The van der Waals surface area contributed by atoms with E-state index in [2.05, 4.69) is 10.0 Å². The molecule has 0 heterocycles. The van der Waals surface area contributed by atoms with Crippen molar-refractivity contribution in [3.8, 4) is 0 Å². The Morgan fingerprint density at radius 2 is 1.93 bits per heavy atom. The SMILES string of the molecule is CC(C)CS(=O)(=O)NC1CCc2c(C(=O)Nc3ccc(Cl)c(F)c3)ccc(F)c21. The Balaban J connectivity index is 1.87. The van der Waals surface area contributed by atoms with Crippen LogP contribution in [0.15, 0.2) is 30.3 Å². The molecule has 2 aromatic carbocycles. The summed E-state index contributed by atoms with van der Waals surface area (Å²) in [5.41, 5.74) is 1.07. The summed E-state index contributed by atoms with van der Waals surface area (Å²) in [6.07, 6.45) is 0.698. The molecule has 0 fully saturated rings. The van der Waals surface area contributed by atoms with E-state index in [1.54, 1.807) is 13.8 Å². The van der Waals surface area contributed by atoms with Crippen LogP contribution in [0, 0.1) is 17.6 Å². The Kier molecular flexibility index (Phi) is 6.26. The number of hydrogen-bond donors (Lipinski definition) is 2. The Labute approximate surface area is 173 Å². The zero-order valence-electron chi connectivity index (χ0n) is 15.9. The Bertz CT molecular complexity index is 1060. The van der Waals surface area contributed by atoms with Crippen molar-refractivity contribution in [1.82, 2.24) is 4.72 Å². The fraction of sp³-hybridized carbons (Fsp3) is 0.350. The third kappa shape index (κ3) is 4.94. The number of halogens is 3. The molecule has 1 unspecified atom stereocenters. The quantitative estimate of drug-likeness (QED) is 0.694. The first kappa shape index (κ1) is 21.7. The molecular weight excluding hydrogens is 422 g/mol. The van der Waals surface area contributed by atoms with Crippen molar-refractivity contribution in [2.45, 2.75) is 32.7 Å². The molecule has 1 amide bonds. The molecule has 1 atom stereocenters. The van der Waals surface area contributed by atoms with E-state index in [9.17, 15) is 22.0 Å². The van der Waals surface area contributed by atoms with E-state index in [0.29, 0.717) is 18.4 Å². The molecule has 3 rings (SSSR count). The number of nitrogens with one attached hydrogen (secondary N) is 2. The number of fused-ring (bicyclic) bond motifs is 1. The maximum Gasteiger partial charge on any atom is 0.255 e. The van der Waals surface area contributed by atoms with Gasteiger partial charge in [-0.05, 0) is 54.7 Å². The lowest BCUT2D eigenvalue weighted by Gasteiger charge is -2.17. The van der Waals surface area contributed by atoms with Crippen LogP contribution in [-0.4, -0.2) is 20.1 Å². The number of benzene rings is 2. The number of carbonyl (C=O) groups excluding carboxylic acids is 1. The smallest absolute Gasteiger partial charge is 0.255 e.